The maximum atomic E-state index is 12.0. The van der Waals surface area contributed by atoms with Gasteiger partial charge in [0.2, 0.25) is 10.0 Å². The molecule has 2 rings (SSSR count). The number of nitrogens with one attached hydrogen (secondary N) is 1. The first-order chi connectivity index (χ1) is 9.47. The van der Waals surface area contributed by atoms with E-state index in [9.17, 15) is 13.2 Å². The van der Waals surface area contributed by atoms with Crippen molar-refractivity contribution in [2.24, 2.45) is 0 Å². The molecule has 0 aliphatic heterocycles. The molecule has 0 atom stereocenters. The first kappa shape index (κ1) is 14.8. The minimum absolute atomic E-state index is 0.0603. The zero-order valence-electron chi connectivity index (χ0n) is 11.8. The number of amides is 1. The van der Waals surface area contributed by atoms with Crippen LogP contribution >= 0.6 is 0 Å². The van der Waals surface area contributed by atoms with Crippen molar-refractivity contribution in [2.45, 2.75) is 32.7 Å². The maximum absolute atomic E-state index is 12.0. The first-order valence-corrected chi connectivity index (χ1v) is 8.50. The summed E-state index contributed by atoms with van der Waals surface area (Å²) in [4.78, 5) is 11.9. The predicted molar refractivity (Wildman–Crippen MR) is 79.4 cm³/mol. The third-order valence-electron chi connectivity index (χ3n) is 3.32. The average Bonchev–Trinajstić information content (AvgIpc) is 3.24. The molecule has 1 aliphatic carbocycles. The van der Waals surface area contributed by atoms with Gasteiger partial charge in [-0.15, -0.1) is 0 Å². The molecule has 5 nitrogen and oxygen atoms in total. The molecule has 0 saturated heterocycles. The lowest BCUT2D eigenvalue weighted by Gasteiger charge is -2.22. The number of nitrogens with zero attached hydrogens (tertiary/aromatic N) is 1. The Morgan fingerprint density at radius 1 is 1.25 bits per heavy atom. The van der Waals surface area contributed by atoms with Crippen molar-refractivity contribution in [3.8, 4) is 0 Å². The monoisotopic (exact) mass is 296 g/mol. The summed E-state index contributed by atoms with van der Waals surface area (Å²) >= 11 is 0. The summed E-state index contributed by atoms with van der Waals surface area (Å²) < 4.78 is 25.3. The topological polar surface area (TPSA) is 66.5 Å². The van der Waals surface area contributed by atoms with E-state index in [0.29, 0.717) is 23.8 Å². The third kappa shape index (κ3) is 3.30. The Morgan fingerprint density at radius 2 is 1.85 bits per heavy atom. The van der Waals surface area contributed by atoms with E-state index in [-0.39, 0.29) is 11.7 Å². The number of benzene rings is 1. The Balaban J connectivity index is 2.15. The van der Waals surface area contributed by atoms with Crippen molar-refractivity contribution in [3.05, 3.63) is 29.8 Å². The lowest BCUT2D eigenvalue weighted by molar-refractivity contribution is 0.0951. The molecular weight excluding hydrogens is 276 g/mol. The zero-order valence-corrected chi connectivity index (χ0v) is 12.6. The molecule has 0 radical (unpaired) electrons. The summed E-state index contributed by atoms with van der Waals surface area (Å²) in [5.74, 6) is -0.0365. The summed E-state index contributed by atoms with van der Waals surface area (Å²) in [6.07, 6.45) is 2.09. The van der Waals surface area contributed by atoms with E-state index in [2.05, 4.69) is 5.32 Å². The second-order valence-electron chi connectivity index (χ2n) is 4.86. The molecule has 1 amide bonds. The first-order valence-electron chi connectivity index (χ1n) is 6.89. The van der Waals surface area contributed by atoms with E-state index in [1.54, 1.807) is 38.1 Å². The van der Waals surface area contributed by atoms with Crippen molar-refractivity contribution in [1.29, 1.82) is 0 Å². The minimum Gasteiger partial charge on any atom is -0.349 e. The highest BCUT2D eigenvalue weighted by atomic mass is 32.2. The minimum atomic E-state index is -3.27. The fourth-order valence-corrected chi connectivity index (χ4v) is 3.12. The molecule has 1 aliphatic rings. The number of carbonyl (C=O) groups is 1. The number of rotatable bonds is 6. The fourth-order valence-electron chi connectivity index (χ4n) is 1.97. The summed E-state index contributed by atoms with van der Waals surface area (Å²) in [6.45, 7) is 3.79. The smallest absolute Gasteiger partial charge is 0.251 e. The van der Waals surface area contributed by atoms with Gasteiger partial charge in [0.1, 0.15) is 0 Å². The van der Waals surface area contributed by atoms with Gasteiger partial charge in [-0.25, -0.2) is 8.42 Å². The van der Waals surface area contributed by atoms with Crippen LogP contribution in [0.2, 0.25) is 0 Å². The van der Waals surface area contributed by atoms with Gasteiger partial charge in [-0.2, -0.15) is 0 Å². The average molecular weight is 296 g/mol. The van der Waals surface area contributed by atoms with E-state index in [4.69, 9.17) is 0 Å². The fraction of sp³-hybridized carbons (Fsp3) is 0.500. The van der Waals surface area contributed by atoms with Crippen LogP contribution in [0, 0.1) is 0 Å². The molecule has 110 valence electrons. The van der Waals surface area contributed by atoms with Crippen molar-refractivity contribution in [1.82, 2.24) is 5.32 Å². The van der Waals surface area contributed by atoms with Crippen LogP contribution < -0.4 is 9.62 Å². The highest BCUT2D eigenvalue weighted by Gasteiger charge is 2.24. The number of hydrogen-bond acceptors (Lipinski definition) is 3. The van der Waals surface area contributed by atoms with E-state index < -0.39 is 10.0 Å². The van der Waals surface area contributed by atoms with Gasteiger partial charge < -0.3 is 5.32 Å². The molecule has 0 bridgehead atoms. The van der Waals surface area contributed by atoms with E-state index in [1.807, 2.05) is 0 Å². The van der Waals surface area contributed by atoms with Gasteiger partial charge in [0.15, 0.2) is 0 Å². The van der Waals surface area contributed by atoms with Gasteiger partial charge in [-0.1, -0.05) is 0 Å². The van der Waals surface area contributed by atoms with Crippen LogP contribution in [-0.4, -0.2) is 32.7 Å². The molecule has 6 heteroatoms. The second kappa shape index (κ2) is 5.83. The highest BCUT2D eigenvalue weighted by molar-refractivity contribution is 7.92. The largest absolute Gasteiger partial charge is 0.349 e. The summed E-state index contributed by atoms with van der Waals surface area (Å²) in [6, 6.07) is 7.01. The van der Waals surface area contributed by atoms with Gasteiger partial charge in [0.25, 0.3) is 5.91 Å². The Kier molecular flexibility index (Phi) is 4.32. The SMILES string of the molecule is CCN(c1ccc(C(=O)NC2CC2)cc1)S(=O)(=O)CC. The Hall–Kier alpha value is -1.56. The van der Waals surface area contributed by atoms with Crippen molar-refractivity contribution < 1.29 is 13.2 Å². The van der Waals surface area contributed by atoms with E-state index in [1.165, 1.54) is 4.31 Å². The van der Waals surface area contributed by atoms with Gasteiger partial charge in [0, 0.05) is 18.2 Å². The number of sulfonamides is 1. The van der Waals surface area contributed by atoms with Crippen molar-refractivity contribution in [3.63, 3.8) is 0 Å². The van der Waals surface area contributed by atoms with Crippen LogP contribution in [0.15, 0.2) is 24.3 Å². The molecule has 1 aromatic rings. The van der Waals surface area contributed by atoms with Crippen LogP contribution in [0.5, 0.6) is 0 Å². The standard InChI is InChI=1S/C14H20N2O3S/c1-3-16(20(18,19)4-2)13-9-5-11(6-10-13)14(17)15-12-7-8-12/h5-6,9-10,12H,3-4,7-8H2,1-2H3,(H,15,17). The summed E-state index contributed by atoms with van der Waals surface area (Å²) in [5, 5.41) is 2.90. The molecule has 0 unspecified atom stereocenters. The van der Waals surface area contributed by atoms with Crippen LogP contribution in [0.25, 0.3) is 0 Å². The Labute approximate surface area is 120 Å². The second-order valence-corrected chi connectivity index (χ2v) is 7.04. The van der Waals surface area contributed by atoms with Gasteiger partial charge in [-0.05, 0) is 51.0 Å². The molecule has 1 saturated carbocycles. The van der Waals surface area contributed by atoms with Crippen LogP contribution in [0.3, 0.4) is 0 Å². The zero-order chi connectivity index (χ0) is 14.8. The molecule has 0 heterocycles. The Bertz CT molecular complexity index is 577. The van der Waals surface area contributed by atoms with E-state index in [0.717, 1.165) is 12.8 Å². The van der Waals surface area contributed by atoms with E-state index >= 15 is 0 Å². The van der Waals surface area contributed by atoms with Gasteiger partial charge in [-0.3, -0.25) is 9.10 Å². The summed E-state index contributed by atoms with van der Waals surface area (Å²) in [7, 11) is -3.27. The number of anilines is 1. The summed E-state index contributed by atoms with van der Waals surface area (Å²) in [5.41, 5.74) is 1.16. The van der Waals surface area contributed by atoms with Crippen molar-refractivity contribution in [2.75, 3.05) is 16.6 Å². The van der Waals surface area contributed by atoms with Crippen molar-refractivity contribution >= 4 is 21.6 Å². The predicted octanol–water partition coefficient (Wildman–Crippen LogP) is 1.75. The quantitative estimate of drug-likeness (QED) is 0.869. The Morgan fingerprint density at radius 3 is 2.30 bits per heavy atom. The number of hydrogen-bond donors (Lipinski definition) is 1. The number of carbonyl (C=O) groups excluding carboxylic acids is 1. The molecule has 0 spiro atoms. The van der Waals surface area contributed by atoms with Crippen LogP contribution in [0.1, 0.15) is 37.0 Å². The molecule has 0 aromatic heterocycles. The van der Waals surface area contributed by atoms with Crippen LogP contribution in [0.4, 0.5) is 5.69 Å². The molecule has 1 N–H and O–H groups in total. The normalized spacial score (nSPS) is 14.9. The highest BCUT2D eigenvalue weighted by Crippen LogP contribution is 2.21. The lowest BCUT2D eigenvalue weighted by Crippen LogP contribution is -2.32. The van der Waals surface area contributed by atoms with Crippen LogP contribution in [-0.2, 0) is 10.0 Å². The van der Waals surface area contributed by atoms with Gasteiger partial charge in [0.05, 0.1) is 11.4 Å². The molecule has 1 fully saturated rings. The molecule has 1 aromatic carbocycles. The molecule has 20 heavy (non-hydrogen) atoms. The lowest BCUT2D eigenvalue weighted by atomic mass is 10.2. The molecular formula is C14H20N2O3S. The maximum Gasteiger partial charge on any atom is 0.251 e. The third-order valence-corrected chi connectivity index (χ3v) is 5.19. The van der Waals surface area contributed by atoms with Gasteiger partial charge >= 0.3 is 0 Å².